The van der Waals surface area contributed by atoms with Crippen molar-refractivity contribution in [2.45, 2.75) is 19.4 Å². The second-order valence-electron chi connectivity index (χ2n) is 4.16. The molecule has 3 heterocycles. The van der Waals surface area contributed by atoms with Crippen LogP contribution in [0.25, 0.3) is 4.96 Å². The minimum Gasteiger partial charge on any atom is -0.311 e. The van der Waals surface area contributed by atoms with Gasteiger partial charge in [-0.2, -0.15) is 0 Å². The molecule has 6 heteroatoms. The van der Waals surface area contributed by atoms with E-state index in [9.17, 15) is 0 Å². The highest BCUT2D eigenvalue weighted by molar-refractivity contribution is 7.15. The predicted molar refractivity (Wildman–Crippen MR) is 75.4 cm³/mol. The van der Waals surface area contributed by atoms with Crippen molar-refractivity contribution in [2.75, 3.05) is 7.05 Å². The number of likely N-dealkylation sites (N-methyl/N-ethyl adjacent to an activating group) is 1. The average Bonchev–Trinajstić information content (AvgIpc) is 3.00. The number of rotatable bonds is 4. The maximum Gasteiger partial charge on any atom is 0.193 e. The van der Waals surface area contributed by atoms with E-state index in [0.717, 1.165) is 27.8 Å². The second-order valence-corrected chi connectivity index (χ2v) is 6.10. The molecule has 1 N–H and O–H groups in total. The molecule has 3 aromatic rings. The Balaban J connectivity index is 1.83. The predicted octanol–water partition coefficient (Wildman–Crippen LogP) is 2.66. The molecule has 1 atom stereocenters. The number of aromatic nitrogens is 3. The second kappa shape index (κ2) is 4.79. The van der Waals surface area contributed by atoms with Gasteiger partial charge in [0.2, 0.25) is 0 Å². The van der Waals surface area contributed by atoms with E-state index in [1.165, 1.54) is 0 Å². The van der Waals surface area contributed by atoms with Crippen LogP contribution in [0.1, 0.15) is 22.4 Å². The van der Waals surface area contributed by atoms with Gasteiger partial charge >= 0.3 is 0 Å². The molecule has 4 nitrogen and oxygen atoms in total. The zero-order valence-electron chi connectivity index (χ0n) is 10.3. The average molecular weight is 278 g/mol. The number of aryl methyl sites for hydroxylation is 1. The number of fused-ring (bicyclic) bond motifs is 1. The van der Waals surface area contributed by atoms with Crippen molar-refractivity contribution >= 4 is 27.6 Å². The molecule has 0 spiro atoms. The Labute approximate surface area is 113 Å². The summed E-state index contributed by atoms with van der Waals surface area (Å²) >= 11 is 3.35. The summed E-state index contributed by atoms with van der Waals surface area (Å²) in [5, 5.41) is 8.59. The summed E-state index contributed by atoms with van der Waals surface area (Å²) < 4.78 is 2.07. The van der Waals surface area contributed by atoms with Crippen LogP contribution in [0.2, 0.25) is 0 Å². The van der Waals surface area contributed by atoms with Crippen molar-refractivity contribution in [3.8, 4) is 0 Å². The molecule has 0 aliphatic rings. The third kappa shape index (κ3) is 2.19. The van der Waals surface area contributed by atoms with Gasteiger partial charge in [-0.1, -0.05) is 0 Å². The van der Waals surface area contributed by atoms with Gasteiger partial charge in [0.15, 0.2) is 4.96 Å². The zero-order chi connectivity index (χ0) is 12.5. The van der Waals surface area contributed by atoms with Gasteiger partial charge in [0.05, 0.1) is 22.4 Å². The van der Waals surface area contributed by atoms with Crippen LogP contribution in [0, 0.1) is 6.92 Å². The third-order valence-corrected chi connectivity index (χ3v) is 4.46. The molecule has 0 aliphatic carbocycles. The summed E-state index contributed by atoms with van der Waals surface area (Å²) in [6.45, 7) is 2.04. The van der Waals surface area contributed by atoms with E-state index < -0.39 is 0 Å². The van der Waals surface area contributed by atoms with Crippen LogP contribution in [-0.4, -0.2) is 21.4 Å². The molecule has 3 rings (SSSR count). The maximum absolute atomic E-state index is 4.61. The molecule has 0 saturated carbocycles. The first-order valence-electron chi connectivity index (χ1n) is 5.76. The zero-order valence-corrected chi connectivity index (χ0v) is 11.9. The normalized spacial score (nSPS) is 13.2. The van der Waals surface area contributed by atoms with E-state index in [-0.39, 0.29) is 6.04 Å². The molecule has 0 radical (unpaired) electrons. The van der Waals surface area contributed by atoms with E-state index in [1.54, 1.807) is 22.7 Å². The summed E-state index contributed by atoms with van der Waals surface area (Å²) in [5.41, 5.74) is 2.21. The first kappa shape index (κ1) is 11.8. The fourth-order valence-electron chi connectivity index (χ4n) is 1.98. The quantitative estimate of drug-likeness (QED) is 0.798. The lowest BCUT2D eigenvalue weighted by Crippen LogP contribution is -2.19. The molecule has 0 saturated heterocycles. The lowest BCUT2D eigenvalue weighted by atomic mass is 10.1. The highest BCUT2D eigenvalue weighted by Gasteiger charge is 2.15. The minimum atomic E-state index is 0.236. The van der Waals surface area contributed by atoms with Crippen LogP contribution in [-0.2, 0) is 6.42 Å². The molecule has 94 valence electrons. The van der Waals surface area contributed by atoms with Gasteiger partial charge in [-0.3, -0.25) is 4.40 Å². The van der Waals surface area contributed by atoms with Crippen LogP contribution >= 0.6 is 22.7 Å². The van der Waals surface area contributed by atoms with Crippen LogP contribution in [0.5, 0.6) is 0 Å². The number of imidazole rings is 1. The molecule has 18 heavy (non-hydrogen) atoms. The number of hydrogen-bond acceptors (Lipinski definition) is 5. The van der Waals surface area contributed by atoms with Gasteiger partial charge in [-0.25, -0.2) is 9.97 Å². The summed E-state index contributed by atoms with van der Waals surface area (Å²) in [4.78, 5) is 10.2. The molecule has 0 aromatic carbocycles. The molecular formula is C12H14N4S2. The molecule has 0 fully saturated rings. The monoisotopic (exact) mass is 278 g/mol. The van der Waals surface area contributed by atoms with Crippen molar-refractivity contribution in [2.24, 2.45) is 0 Å². The van der Waals surface area contributed by atoms with Crippen molar-refractivity contribution in [1.29, 1.82) is 0 Å². The van der Waals surface area contributed by atoms with Gasteiger partial charge in [0.25, 0.3) is 0 Å². The maximum atomic E-state index is 4.61. The Morgan fingerprint density at radius 1 is 1.39 bits per heavy atom. The van der Waals surface area contributed by atoms with Gasteiger partial charge in [0, 0.05) is 29.6 Å². The molecule has 0 amide bonds. The van der Waals surface area contributed by atoms with Crippen LogP contribution in [0.3, 0.4) is 0 Å². The minimum absolute atomic E-state index is 0.236. The Hall–Kier alpha value is -1.24. The van der Waals surface area contributed by atoms with E-state index in [4.69, 9.17) is 0 Å². The van der Waals surface area contributed by atoms with Crippen molar-refractivity contribution in [3.63, 3.8) is 0 Å². The van der Waals surface area contributed by atoms with Gasteiger partial charge in [0.1, 0.15) is 0 Å². The van der Waals surface area contributed by atoms with Gasteiger partial charge in [-0.05, 0) is 14.0 Å². The number of nitrogens with zero attached hydrogens (tertiary/aromatic N) is 3. The SMILES string of the molecule is CNC(Cc1cn2ccsc2n1)c1csc(C)n1. The van der Waals surface area contributed by atoms with Crippen LogP contribution < -0.4 is 5.32 Å². The molecular weight excluding hydrogens is 264 g/mol. The lowest BCUT2D eigenvalue weighted by Gasteiger charge is -2.11. The number of nitrogens with one attached hydrogen (secondary N) is 1. The van der Waals surface area contributed by atoms with E-state index in [1.807, 2.05) is 25.5 Å². The smallest absolute Gasteiger partial charge is 0.193 e. The number of hydrogen-bond donors (Lipinski definition) is 1. The summed E-state index contributed by atoms with van der Waals surface area (Å²) in [5.74, 6) is 0. The summed E-state index contributed by atoms with van der Waals surface area (Å²) in [7, 11) is 1.97. The first-order chi connectivity index (χ1) is 8.76. The van der Waals surface area contributed by atoms with E-state index in [2.05, 4.69) is 31.3 Å². The highest BCUT2D eigenvalue weighted by atomic mass is 32.1. The third-order valence-electron chi connectivity index (χ3n) is 2.90. The summed E-state index contributed by atoms with van der Waals surface area (Å²) in [6.07, 6.45) is 5.00. The Kier molecular flexibility index (Phi) is 3.15. The Morgan fingerprint density at radius 3 is 2.94 bits per heavy atom. The first-order valence-corrected chi connectivity index (χ1v) is 7.52. The molecule has 1 unspecified atom stereocenters. The highest BCUT2D eigenvalue weighted by Crippen LogP contribution is 2.21. The fraction of sp³-hybridized carbons (Fsp3) is 0.333. The standard InChI is InChI=1S/C12H14N4S2/c1-8-14-11(7-18-8)10(13-2)5-9-6-16-3-4-17-12(16)15-9/h3-4,6-7,10,13H,5H2,1-2H3. The van der Waals surface area contributed by atoms with Crippen molar-refractivity contribution < 1.29 is 0 Å². The fourth-order valence-corrected chi connectivity index (χ4v) is 3.36. The summed E-state index contributed by atoms with van der Waals surface area (Å²) in [6, 6.07) is 0.236. The Bertz CT molecular complexity index is 623. The van der Waals surface area contributed by atoms with Gasteiger partial charge < -0.3 is 5.32 Å². The molecule has 0 aliphatic heterocycles. The largest absolute Gasteiger partial charge is 0.311 e. The number of thiazole rings is 2. The lowest BCUT2D eigenvalue weighted by molar-refractivity contribution is 0.572. The van der Waals surface area contributed by atoms with Crippen LogP contribution in [0.4, 0.5) is 0 Å². The van der Waals surface area contributed by atoms with Crippen molar-refractivity contribution in [3.05, 3.63) is 39.5 Å². The van der Waals surface area contributed by atoms with Gasteiger partial charge in [-0.15, -0.1) is 22.7 Å². The molecule has 0 bridgehead atoms. The Morgan fingerprint density at radius 2 is 2.28 bits per heavy atom. The van der Waals surface area contributed by atoms with E-state index >= 15 is 0 Å². The van der Waals surface area contributed by atoms with Crippen molar-refractivity contribution in [1.82, 2.24) is 19.7 Å². The molecule has 3 aromatic heterocycles. The van der Waals surface area contributed by atoms with Crippen LogP contribution in [0.15, 0.2) is 23.2 Å². The van der Waals surface area contributed by atoms with E-state index in [0.29, 0.717) is 0 Å². The topological polar surface area (TPSA) is 42.2 Å².